The fraction of sp³-hybridized carbons (Fsp3) is 0. The maximum absolute atomic E-state index is 10.4. The molecule has 11 heavy (non-hydrogen) atoms. The Morgan fingerprint density at radius 2 is 1.45 bits per heavy atom. The first-order chi connectivity index (χ1) is 5.11. The molecule has 58 valence electrons. The molecule has 0 spiro atoms. The van der Waals surface area contributed by atoms with Crippen LogP contribution in [-0.4, -0.2) is 20.7 Å². The standard InChI is InChI=1S/C4Cl2N2O2S/c5-1(9)3-7-8-4(11-3)2(6)10. The molecule has 0 unspecified atom stereocenters. The van der Waals surface area contributed by atoms with Crippen molar-refractivity contribution in [3.05, 3.63) is 10.0 Å². The van der Waals surface area contributed by atoms with E-state index in [0.717, 1.165) is 11.3 Å². The monoisotopic (exact) mass is 210 g/mol. The Kier molecular flexibility index (Phi) is 2.53. The zero-order valence-corrected chi connectivity index (χ0v) is 7.20. The van der Waals surface area contributed by atoms with E-state index < -0.39 is 10.5 Å². The predicted octanol–water partition coefficient (Wildman–Crippen LogP) is 1.30. The van der Waals surface area contributed by atoms with Crippen molar-refractivity contribution in [3.63, 3.8) is 0 Å². The number of carbonyl (C=O) groups excluding carboxylic acids is 2. The normalized spacial score (nSPS) is 9.64. The summed E-state index contributed by atoms with van der Waals surface area (Å²) in [6.07, 6.45) is 0. The summed E-state index contributed by atoms with van der Waals surface area (Å²) in [5.74, 6) is 0. The Morgan fingerprint density at radius 3 is 1.64 bits per heavy atom. The van der Waals surface area contributed by atoms with Crippen molar-refractivity contribution >= 4 is 45.0 Å². The van der Waals surface area contributed by atoms with Gasteiger partial charge in [0.25, 0.3) is 10.5 Å². The number of halogens is 2. The van der Waals surface area contributed by atoms with Crippen LogP contribution in [0.2, 0.25) is 0 Å². The van der Waals surface area contributed by atoms with Gasteiger partial charge in [0.15, 0.2) is 0 Å². The molecule has 0 aliphatic rings. The van der Waals surface area contributed by atoms with Crippen molar-refractivity contribution in [2.45, 2.75) is 0 Å². The second-order valence-electron chi connectivity index (χ2n) is 1.46. The van der Waals surface area contributed by atoms with E-state index in [1.54, 1.807) is 0 Å². The van der Waals surface area contributed by atoms with Crippen LogP contribution >= 0.6 is 34.5 Å². The van der Waals surface area contributed by atoms with Crippen LogP contribution < -0.4 is 0 Å². The van der Waals surface area contributed by atoms with Gasteiger partial charge in [-0.1, -0.05) is 11.3 Å². The van der Waals surface area contributed by atoms with Crippen LogP contribution in [0.5, 0.6) is 0 Å². The van der Waals surface area contributed by atoms with Crippen LogP contribution in [0.25, 0.3) is 0 Å². The molecule has 0 aliphatic carbocycles. The highest BCUT2D eigenvalue weighted by Crippen LogP contribution is 2.13. The molecule has 0 aliphatic heterocycles. The van der Waals surface area contributed by atoms with Gasteiger partial charge in [-0.25, -0.2) is 0 Å². The van der Waals surface area contributed by atoms with E-state index in [-0.39, 0.29) is 10.0 Å². The molecule has 4 nitrogen and oxygen atoms in total. The van der Waals surface area contributed by atoms with E-state index in [4.69, 9.17) is 23.2 Å². The summed E-state index contributed by atoms with van der Waals surface area (Å²) in [6, 6.07) is 0. The predicted molar refractivity (Wildman–Crippen MR) is 40.3 cm³/mol. The molecule has 0 amide bonds. The molecule has 1 aromatic rings. The molecule has 0 saturated heterocycles. The van der Waals surface area contributed by atoms with Crippen LogP contribution in [0.4, 0.5) is 0 Å². The fourth-order valence-electron chi connectivity index (χ4n) is 0.382. The van der Waals surface area contributed by atoms with Crippen molar-refractivity contribution in [3.8, 4) is 0 Å². The van der Waals surface area contributed by atoms with Crippen molar-refractivity contribution in [2.24, 2.45) is 0 Å². The SMILES string of the molecule is O=C(Cl)c1nnc(C(=O)Cl)s1. The number of nitrogens with zero attached hydrogens (tertiary/aromatic N) is 2. The highest BCUT2D eigenvalue weighted by molar-refractivity contribution is 7.18. The van der Waals surface area contributed by atoms with E-state index in [2.05, 4.69) is 10.2 Å². The number of hydrogen-bond donors (Lipinski definition) is 0. The molecule has 0 aromatic carbocycles. The van der Waals surface area contributed by atoms with Crippen LogP contribution in [0.3, 0.4) is 0 Å². The molecule has 0 atom stereocenters. The summed E-state index contributed by atoms with van der Waals surface area (Å²) in [5, 5.41) is 5.09. The Bertz CT molecular complexity index is 282. The van der Waals surface area contributed by atoms with Crippen LogP contribution in [0, 0.1) is 0 Å². The van der Waals surface area contributed by atoms with Gasteiger partial charge in [0, 0.05) is 0 Å². The lowest BCUT2D eigenvalue weighted by atomic mass is 10.8. The maximum Gasteiger partial charge on any atom is 0.283 e. The highest BCUT2D eigenvalue weighted by Gasteiger charge is 2.13. The zero-order chi connectivity index (χ0) is 8.43. The van der Waals surface area contributed by atoms with E-state index in [0.29, 0.717) is 0 Å². The molecule has 0 radical (unpaired) electrons. The highest BCUT2D eigenvalue weighted by atomic mass is 35.5. The minimum atomic E-state index is -0.744. The van der Waals surface area contributed by atoms with Gasteiger partial charge in [0.05, 0.1) is 0 Å². The van der Waals surface area contributed by atoms with Crippen molar-refractivity contribution < 1.29 is 9.59 Å². The third-order valence-electron chi connectivity index (χ3n) is 0.761. The average molecular weight is 211 g/mol. The smallest absolute Gasteiger partial charge is 0.273 e. The van der Waals surface area contributed by atoms with Crippen molar-refractivity contribution in [1.82, 2.24) is 10.2 Å². The van der Waals surface area contributed by atoms with Gasteiger partial charge in [0.1, 0.15) is 0 Å². The largest absolute Gasteiger partial charge is 0.283 e. The lowest BCUT2D eigenvalue weighted by Crippen LogP contribution is -1.86. The van der Waals surface area contributed by atoms with Gasteiger partial charge in [-0.15, -0.1) is 10.2 Å². The lowest BCUT2D eigenvalue weighted by Gasteiger charge is -1.76. The average Bonchev–Trinajstić information content (AvgIpc) is 2.33. The van der Waals surface area contributed by atoms with Crippen LogP contribution in [0.1, 0.15) is 19.6 Å². The molecule has 7 heteroatoms. The first kappa shape index (κ1) is 8.58. The van der Waals surface area contributed by atoms with Crippen molar-refractivity contribution in [2.75, 3.05) is 0 Å². The van der Waals surface area contributed by atoms with Crippen LogP contribution in [0.15, 0.2) is 0 Å². The van der Waals surface area contributed by atoms with Gasteiger partial charge in [-0.2, -0.15) is 0 Å². The Morgan fingerprint density at radius 1 is 1.09 bits per heavy atom. The summed E-state index contributed by atoms with van der Waals surface area (Å²) < 4.78 is 0. The van der Waals surface area contributed by atoms with E-state index >= 15 is 0 Å². The summed E-state index contributed by atoms with van der Waals surface area (Å²) in [7, 11) is 0. The minimum absolute atomic E-state index is 0.0318. The van der Waals surface area contributed by atoms with Crippen LogP contribution in [-0.2, 0) is 0 Å². The molecule has 0 N–H and O–H groups in total. The van der Waals surface area contributed by atoms with Crippen molar-refractivity contribution in [1.29, 1.82) is 0 Å². The summed E-state index contributed by atoms with van der Waals surface area (Å²) in [4.78, 5) is 20.8. The quantitative estimate of drug-likeness (QED) is 0.691. The first-order valence-corrected chi connectivity index (χ1v) is 3.91. The molecule has 0 fully saturated rings. The summed E-state index contributed by atoms with van der Waals surface area (Å²) >= 11 is 10.8. The molecule has 0 saturated carbocycles. The Hall–Kier alpha value is -0.520. The molecule has 0 bridgehead atoms. The number of hydrogen-bond acceptors (Lipinski definition) is 5. The molecule has 1 heterocycles. The number of aromatic nitrogens is 2. The summed E-state index contributed by atoms with van der Waals surface area (Å²) in [6.45, 7) is 0. The first-order valence-electron chi connectivity index (χ1n) is 2.34. The number of carbonyl (C=O) groups is 2. The van der Waals surface area contributed by atoms with E-state index in [1.807, 2.05) is 0 Å². The molecule has 1 aromatic heterocycles. The van der Waals surface area contributed by atoms with Gasteiger partial charge in [-0.3, -0.25) is 9.59 Å². The second-order valence-corrected chi connectivity index (χ2v) is 3.12. The summed E-state index contributed by atoms with van der Waals surface area (Å²) in [5.41, 5.74) is 0. The second kappa shape index (κ2) is 3.25. The third-order valence-corrected chi connectivity index (χ3v) is 2.26. The molecule has 1 rings (SSSR count). The van der Waals surface area contributed by atoms with Gasteiger partial charge in [-0.05, 0) is 23.2 Å². The molecular formula is C4Cl2N2O2S. The fourth-order valence-corrected chi connectivity index (χ4v) is 1.20. The van der Waals surface area contributed by atoms with E-state index in [9.17, 15) is 9.59 Å². The number of rotatable bonds is 2. The Balaban J connectivity index is 2.99. The van der Waals surface area contributed by atoms with Gasteiger partial charge < -0.3 is 0 Å². The van der Waals surface area contributed by atoms with E-state index in [1.165, 1.54) is 0 Å². The lowest BCUT2D eigenvalue weighted by molar-refractivity contribution is 0.107. The maximum atomic E-state index is 10.4. The topological polar surface area (TPSA) is 59.9 Å². The van der Waals surface area contributed by atoms with Gasteiger partial charge in [0.2, 0.25) is 10.0 Å². The Labute approximate surface area is 75.1 Å². The molecular weight excluding hydrogens is 211 g/mol. The minimum Gasteiger partial charge on any atom is -0.273 e. The zero-order valence-electron chi connectivity index (χ0n) is 4.88. The van der Waals surface area contributed by atoms with Gasteiger partial charge >= 0.3 is 0 Å². The third kappa shape index (κ3) is 1.95.